The van der Waals surface area contributed by atoms with Crippen molar-refractivity contribution in [2.75, 3.05) is 0 Å². The van der Waals surface area contributed by atoms with E-state index in [0.717, 1.165) is 4.57 Å². The molecule has 2 amide bonds. The highest BCUT2D eigenvalue weighted by molar-refractivity contribution is 5.92. The van der Waals surface area contributed by atoms with Gasteiger partial charge in [-0.1, -0.05) is 53.7 Å². The van der Waals surface area contributed by atoms with E-state index in [2.05, 4.69) is 5.32 Å². The lowest BCUT2D eigenvalue weighted by molar-refractivity contribution is -0.122. The Morgan fingerprint density at radius 2 is 1.62 bits per heavy atom. The lowest BCUT2D eigenvalue weighted by Crippen LogP contribution is -2.54. The summed E-state index contributed by atoms with van der Waals surface area (Å²) in [5.74, 6) is -0.641. The lowest BCUT2D eigenvalue weighted by atomic mass is 9.86. The zero-order valence-electron chi connectivity index (χ0n) is 16.3. The number of benzene rings is 1. The average molecular weight is 360 g/mol. The second-order valence-corrected chi connectivity index (χ2v) is 8.90. The van der Waals surface area contributed by atoms with Crippen molar-refractivity contribution in [1.29, 1.82) is 0 Å². The predicted octanol–water partition coefficient (Wildman–Crippen LogP) is 2.31. The lowest BCUT2D eigenvalue weighted by Gasteiger charge is -2.28. The molecule has 0 saturated carbocycles. The van der Waals surface area contributed by atoms with Crippen LogP contribution in [0.4, 0.5) is 4.79 Å². The maximum Gasteiger partial charge on any atom is 0.337 e. The number of carbonyl (C=O) groups excluding carboxylic acids is 2. The number of primary amides is 1. The Hall–Kier alpha value is -2.57. The van der Waals surface area contributed by atoms with Gasteiger partial charge in [-0.05, 0) is 23.0 Å². The molecule has 1 aromatic heterocycles. The van der Waals surface area contributed by atoms with E-state index < -0.39 is 29.1 Å². The number of carbonyl (C=O) groups is 2. The van der Waals surface area contributed by atoms with Crippen LogP contribution in [0.2, 0.25) is 0 Å². The number of para-hydroxylation sites is 2. The molecular weight excluding hydrogens is 332 g/mol. The van der Waals surface area contributed by atoms with Crippen molar-refractivity contribution in [2.45, 2.75) is 54.1 Å². The summed E-state index contributed by atoms with van der Waals surface area (Å²) >= 11 is 0. The second-order valence-electron chi connectivity index (χ2n) is 8.90. The molecule has 0 saturated heterocycles. The van der Waals surface area contributed by atoms with Gasteiger partial charge in [-0.2, -0.15) is 0 Å². The van der Waals surface area contributed by atoms with Crippen molar-refractivity contribution in [3.63, 3.8) is 0 Å². The number of nitrogens with one attached hydrogen (secondary N) is 1. The van der Waals surface area contributed by atoms with Crippen LogP contribution in [0, 0.1) is 10.8 Å². The molecule has 7 nitrogen and oxygen atoms in total. The minimum absolute atomic E-state index is 0.142. The molecule has 2 rings (SSSR count). The van der Waals surface area contributed by atoms with Gasteiger partial charge in [0.15, 0.2) is 0 Å². The van der Waals surface area contributed by atoms with Gasteiger partial charge in [0.25, 0.3) is 0 Å². The van der Waals surface area contributed by atoms with Crippen LogP contribution in [0.3, 0.4) is 0 Å². The quantitative estimate of drug-likeness (QED) is 0.878. The molecule has 0 aliphatic rings. The van der Waals surface area contributed by atoms with E-state index in [1.165, 1.54) is 0 Å². The van der Waals surface area contributed by atoms with E-state index in [0.29, 0.717) is 17.6 Å². The first-order valence-electron chi connectivity index (χ1n) is 8.63. The molecule has 1 heterocycles. The minimum Gasteiger partial charge on any atom is -0.368 e. The molecule has 0 spiro atoms. The van der Waals surface area contributed by atoms with Crippen LogP contribution in [0.15, 0.2) is 29.1 Å². The standard InChI is InChI=1S/C19H28N4O3/c1-18(2,3)11-22-12-9-7-8-10-13(12)23(17(22)26)16(25)21-14(15(20)24)19(4,5)6/h7-10,14H,11H2,1-6H3,(H2,20,24)(H,21,25)/t14-/m1/s1. The van der Waals surface area contributed by atoms with Crippen LogP contribution in [0.25, 0.3) is 11.0 Å². The first kappa shape index (κ1) is 19.8. The smallest absolute Gasteiger partial charge is 0.337 e. The molecule has 1 aromatic carbocycles. The molecule has 0 radical (unpaired) electrons. The fourth-order valence-corrected chi connectivity index (χ4v) is 2.93. The zero-order chi connectivity index (χ0) is 19.9. The van der Waals surface area contributed by atoms with Crippen molar-refractivity contribution < 1.29 is 9.59 Å². The van der Waals surface area contributed by atoms with E-state index in [-0.39, 0.29) is 5.41 Å². The van der Waals surface area contributed by atoms with Gasteiger partial charge >= 0.3 is 11.7 Å². The number of amides is 2. The number of hydrogen-bond acceptors (Lipinski definition) is 3. The Bertz CT molecular complexity index is 894. The number of nitrogens with zero attached hydrogens (tertiary/aromatic N) is 2. The van der Waals surface area contributed by atoms with Gasteiger partial charge in [0.2, 0.25) is 5.91 Å². The molecule has 3 N–H and O–H groups in total. The third kappa shape index (κ3) is 3.98. The molecule has 2 aromatic rings. The Kier molecular flexibility index (Phi) is 5.03. The molecule has 0 aliphatic heterocycles. The number of imidazole rings is 1. The fourth-order valence-electron chi connectivity index (χ4n) is 2.93. The summed E-state index contributed by atoms with van der Waals surface area (Å²) in [7, 11) is 0. The van der Waals surface area contributed by atoms with Crippen LogP contribution in [-0.2, 0) is 11.3 Å². The summed E-state index contributed by atoms with van der Waals surface area (Å²) < 4.78 is 2.66. The number of nitrogens with two attached hydrogens (primary N) is 1. The molecule has 0 bridgehead atoms. The van der Waals surface area contributed by atoms with Gasteiger partial charge < -0.3 is 11.1 Å². The summed E-state index contributed by atoms with van der Waals surface area (Å²) in [5.41, 5.74) is 5.46. The molecular formula is C19H28N4O3. The van der Waals surface area contributed by atoms with E-state index >= 15 is 0 Å². The van der Waals surface area contributed by atoms with Crippen molar-refractivity contribution in [1.82, 2.24) is 14.5 Å². The predicted molar refractivity (Wildman–Crippen MR) is 102 cm³/mol. The highest BCUT2D eigenvalue weighted by Crippen LogP contribution is 2.21. The highest BCUT2D eigenvalue weighted by atomic mass is 16.2. The maximum atomic E-state index is 13.0. The van der Waals surface area contributed by atoms with Gasteiger partial charge in [-0.3, -0.25) is 9.36 Å². The van der Waals surface area contributed by atoms with E-state index in [1.54, 1.807) is 37.5 Å². The second kappa shape index (κ2) is 6.63. The summed E-state index contributed by atoms with van der Waals surface area (Å²) in [6.45, 7) is 11.9. The molecule has 0 fully saturated rings. The molecule has 1 atom stereocenters. The van der Waals surface area contributed by atoms with Crippen molar-refractivity contribution in [3.05, 3.63) is 34.7 Å². The monoisotopic (exact) mass is 360 g/mol. The zero-order valence-corrected chi connectivity index (χ0v) is 16.3. The molecule has 0 unspecified atom stereocenters. The minimum atomic E-state index is -0.897. The molecule has 0 aliphatic carbocycles. The third-order valence-corrected chi connectivity index (χ3v) is 4.09. The fraction of sp³-hybridized carbons (Fsp3) is 0.526. The van der Waals surface area contributed by atoms with E-state index in [9.17, 15) is 14.4 Å². The SMILES string of the molecule is CC(C)(C)Cn1c(=O)n(C(=O)N[C@H](C(N)=O)C(C)(C)C)c2ccccc21. The maximum absolute atomic E-state index is 13.0. The number of hydrogen-bond donors (Lipinski definition) is 2. The Morgan fingerprint density at radius 1 is 1.08 bits per heavy atom. The Morgan fingerprint density at radius 3 is 2.08 bits per heavy atom. The average Bonchev–Trinajstić information content (AvgIpc) is 2.74. The van der Waals surface area contributed by atoms with Crippen LogP contribution >= 0.6 is 0 Å². The van der Waals surface area contributed by atoms with Crippen LogP contribution in [-0.4, -0.2) is 27.1 Å². The summed E-state index contributed by atoms with van der Waals surface area (Å²) in [6, 6.07) is 5.56. The van der Waals surface area contributed by atoms with E-state index in [1.807, 2.05) is 32.9 Å². The number of aromatic nitrogens is 2. The van der Waals surface area contributed by atoms with Crippen LogP contribution in [0.5, 0.6) is 0 Å². The molecule has 142 valence electrons. The summed E-state index contributed by atoms with van der Waals surface area (Å²) in [4.78, 5) is 37.6. The van der Waals surface area contributed by atoms with Gasteiger partial charge in [0.05, 0.1) is 11.0 Å². The number of rotatable bonds is 3. The molecule has 7 heteroatoms. The van der Waals surface area contributed by atoms with Gasteiger partial charge in [-0.25, -0.2) is 14.2 Å². The van der Waals surface area contributed by atoms with Crippen LogP contribution < -0.4 is 16.7 Å². The largest absolute Gasteiger partial charge is 0.368 e. The Labute approximate surface area is 153 Å². The van der Waals surface area contributed by atoms with Gasteiger partial charge in [0, 0.05) is 6.54 Å². The van der Waals surface area contributed by atoms with E-state index in [4.69, 9.17) is 5.73 Å². The van der Waals surface area contributed by atoms with Crippen molar-refractivity contribution >= 4 is 23.0 Å². The van der Waals surface area contributed by atoms with Crippen LogP contribution in [0.1, 0.15) is 41.5 Å². The third-order valence-electron chi connectivity index (χ3n) is 4.09. The van der Waals surface area contributed by atoms with Crippen molar-refractivity contribution in [2.24, 2.45) is 16.6 Å². The normalized spacial score (nSPS) is 13.6. The Balaban J connectivity index is 2.56. The highest BCUT2D eigenvalue weighted by Gasteiger charge is 2.32. The van der Waals surface area contributed by atoms with Gasteiger partial charge in [-0.15, -0.1) is 0 Å². The summed E-state index contributed by atoms with van der Waals surface area (Å²) in [6.07, 6.45) is 0. The summed E-state index contributed by atoms with van der Waals surface area (Å²) in [5, 5.41) is 2.62. The first-order valence-corrected chi connectivity index (χ1v) is 8.63. The van der Waals surface area contributed by atoms with Crippen molar-refractivity contribution in [3.8, 4) is 0 Å². The number of fused-ring (bicyclic) bond motifs is 1. The first-order chi connectivity index (χ1) is 11.8. The molecule has 26 heavy (non-hydrogen) atoms. The topological polar surface area (TPSA) is 99.1 Å². The van der Waals surface area contributed by atoms with Gasteiger partial charge in [0.1, 0.15) is 6.04 Å².